The maximum Gasteiger partial charge on any atom is 0.173 e. The minimum Gasteiger partial charge on any atom is -0.357 e. The molecule has 0 unspecified atom stereocenters. The van der Waals surface area contributed by atoms with Crippen LogP contribution in [0.4, 0.5) is 5.69 Å². The summed E-state index contributed by atoms with van der Waals surface area (Å²) < 4.78 is 0. The Hall–Kier alpha value is -1.91. The van der Waals surface area contributed by atoms with E-state index in [0.29, 0.717) is 0 Å². The van der Waals surface area contributed by atoms with Gasteiger partial charge in [-0.2, -0.15) is 0 Å². The zero-order valence-electron chi connectivity index (χ0n) is 13.3. The summed E-state index contributed by atoms with van der Waals surface area (Å²) in [5, 5.41) is 4.14. The van der Waals surface area contributed by atoms with Crippen LogP contribution in [0.25, 0.3) is 0 Å². The van der Waals surface area contributed by atoms with Crippen LogP contribution >= 0.6 is 12.2 Å². The highest BCUT2D eigenvalue weighted by Gasteiger charge is 2.12. The Bertz CT molecular complexity index is 569. The average molecular weight is 314 g/mol. The summed E-state index contributed by atoms with van der Waals surface area (Å²) in [7, 11) is 4.29. The minimum atomic E-state index is 0.769. The number of benzene rings is 2. The molecule has 0 saturated carbocycles. The van der Waals surface area contributed by atoms with Gasteiger partial charge in [0.1, 0.15) is 0 Å². The molecule has 0 aliphatic rings. The Morgan fingerprint density at radius 1 is 1.00 bits per heavy atom. The number of rotatable bonds is 6. The summed E-state index contributed by atoms with van der Waals surface area (Å²) >= 11 is 5.61. The third-order valence-electron chi connectivity index (χ3n) is 3.40. The Kier molecular flexibility index (Phi) is 6.37. The Labute approximate surface area is 138 Å². The van der Waals surface area contributed by atoms with Gasteiger partial charge in [-0.25, -0.2) is 0 Å². The van der Waals surface area contributed by atoms with E-state index >= 15 is 0 Å². The number of nitrogens with one attached hydrogen (secondary N) is 2. The summed E-state index contributed by atoms with van der Waals surface area (Å²) in [6.07, 6.45) is 0. The van der Waals surface area contributed by atoms with Gasteiger partial charge in [0, 0.05) is 5.69 Å². The summed E-state index contributed by atoms with van der Waals surface area (Å²) in [4.78, 5) is 3.56. The molecular formula is C18H24N3S+. The number of hydrogen-bond donors (Lipinski definition) is 2. The summed E-state index contributed by atoms with van der Waals surface area (Å²) in [5.41, 5.74) is 2.36. The first-order valence-corrected chi connectivity index (χ1v) is 8.01. The van der Waals surface area contributed by atoms with Crippen molar-refractivity contribution in [3.63, 3.8) is 0 Å². The van der Waals surface area contributed by atoms with Crippen molar-refractivity contribution in [1.82, 2.24) is 5.32 Å². The highest BCUT2D eigenvalue weighted by Crippen LogP contribution is 2.17. The molecule has 2 aromatic rings. The molecule has 0 saturated heterocycles. The summed E-state index contributed by atoms with van der Waals surface area (Å²) in [6.45, 7) is 2.68. The van der Waals surface area contributed by atoms with E-state index < -0.39 is 0 Å². The minimum absolute atomic E-state index is 0.769. The molecule has 2 aromatic carbocycles. The van der Waals surface area contributed by atoms with Crippen LogP contribution in [0.15, 0.2) is 60.7 Å². The molecule has 0 amide bonds. The second-order valence-corrected chi connectivity index (χ2v) is 5.98. The topological polar surface area (TPSA) is 19.7 Å². The molecule has 3 nitrogen and oxygen atoms in total. The van der Waals surface area contributed by atoms with Gasteiger partial charge in [0.05, 0.1) is 33.7 Å². The number of para-hydroxylation sites is 1. The SMILES string of the molecule is C[NH+](C)CCNC(=S)N(Cc1ccccc1)c1ccccc1. The number of quaternary nitrogens is 1. The van der Waals surface area contributed by atoms with Gasteiger partial charge in [-0.1, -0.05) is 48.5 Å². The van der Waals surface area contributed by atoms with Gasteiger partial charge in [-0.15, -0.1) is 0 Å². The van der Waals surface area contributed by atoms with Gasteiger partial charge in [0.2, 0.25) is 0 Å². The monoisotopic (exact) mass is 314 g/mol. The lowest BCUT2D eigenvalue weighted by molar-refractivity contribution is -0.856. The van der Waals surface area contributed by atoms with Crippen LogP contribution in [0, 0.1) is 0 Å². The maximum atomic E-state index is 5.61. The van der Waals surface area contributed by atoms with E-state index in [1.807, 2.05) is 24.3 Å². The third kappa shape index (κ3) is 5.13. The number of nitrogens with zero attached hydrogens (tertiary/aromatic N) is 1. The van der Waals surface area contributed by atoms with Crippen LogP contribution in [0.2, 0.25) is 0 Å². The zero-order valence-corrected chi connectivity index (χ0v) is 14.1. The molecule has 0 heterocycles. The van der Waals surface area contributed by atoms with Crippen LogP contribution in [0.5, 0.6) is 0 Å². The van der Waals surface area contributed by atoms with E-state index in [9.17, 15) is 0 Å². The highest BCUT2D eigenvalue weighted by atomic mass is 32.1. The number of thiocarbonyl (C=S) groups is 1. The van der Waals surface area contributed by atoms with E-state index in [1.165, 1.54) is 10.5 Å². The van der Waals surface area contributed by atoms with Crippen molar-refractivity contribution in [2.75, 3.05) is 32.1 Å². The lowest BCUT2D eigenvalue weighted by Gasteiger charge is -2.26. The zero-order chi connectivity index (χ0) is 15.8. The van der Waals surface area contributed by atoms with Crippen molar-refractivity contribution >= 4 is 23.0 Å². The van der Waals surface area contributed by atoms with Crippen LogP contribution in [-0.4, -0.2) is 32.3 Å². The molecule has 0 bridgehead atoms. The molecule has 2 N–H and O–H groups in total. The molecule has 0 radical (unpaired) electrons. The second kappa shape index (κ2) is 8.51. The standard InChI is InChI=1S/C18H23N3S/c1-20(2)14-13-19-18(22)21(17-11-7-4-8-12-17)15-16-9-5-3-6-10-16/h3-12H,13-15H2,1-2H3,(H,19,22)/p+1. The van der Waals surface area contributed by atoms with Gasteiger partial charge >= 0.3 is 0 Å². The van der Waals surface area contributed by atoms with E-state index in [0.717, 1.165) is 30.4 Å². The van der Waals surface area contributed by atoms with Crippen molar-refractivity contribution in [3.8, 4) is 0 Å². The third-order valence-corrected chi connectivity index (χ3v) is 3.76. The predicted molar refractivity (Wildman–Crippen MR) is 97.3 cm³/mol. The van der Waals surface area contributed by atoms with Crippen molar-refractivity contribution in [1.29, 1.82) is 0 Å². The Morgan fingerprint density at radius 2 is 1.59 bits per heavy atom. The summed E-state index contributed by atoms with van der Waals surface area (Å²) in [6, 6.07) is 20.7. The van der Waals surface area contributed by atoms with E-state index in [1.54, 1.807) is 0 Å². The van der Waals surface area contributed by atoms with Crippen molar-refractivity contribution in [2.24, 2.45) is 0 Å². The number of hydrogen-bond acceptors (Lipinski definition) is 1. The first-order valence-electron chi connectivity index (χ1n) is 7.60. The first kappa shape index (κ1) is 16.5. The molecule has 0 aliphatic heterocycles. The number of likely N-dealkylation sites (N-methyl/N-ethyl adjacent to an activating group) is 1. The molecule has 22 heavy (non-hydrogen) atoms. The molecule has 0 atom stereocenters. The second-order valence-electron chi connectivity index (χ2n) is 5.60. The number of anilines is 1. The fourth-order valence-corrected chi connectivity index (χ4v) is 2.44. The average Bonchev–Trinajstić information content (AvgIpc) is 2.54. The normalized spacial score (nSPS) is 10.5. The van der Waals surface area contributed by atoms with E-state index in [4.69, 9.17) is 12.2 Å². The Morgan fingerprint density at radius 3 is 2.18 bits per heavy atom. The molecule has 2 rings (SSSR count). The predicted octanol–water partition coefficient (Wildman–Crippen LogP) is 1.71. The first-order chi connectivity index (χ1) is 10.7. The molecule has 116 valence electrons. The fourth-order valence-electron chi connectivity index (χ4n) is 2.17. The van der Waals surface area contributed by atoms with Gasteiger partial charge < -0.3 is 15.1 Å². The maximum absolute atomic E-state index is 5.61. The summed E-state index contributed by atoms with van der Waals surface area (Å²) in [5.74, 6) is 0. The Balaban J connectivity index is 2.10. The van der Waals surface area contributed by atoms with Crippen molar-refractivity contribution in [3.05, 3.63) is 66.2 Å². The van der Waals surface area contributed by atoms with E-state index in [-0.39, 0.29) is 0 Å². The van der Waals surface area contributed by atoms with Crippen molar-refractivity contribution < 1.29 is 4.90 Å². The molecule has 0 spiro atoms. The van der Waals surface area contributed by atoms with Gasteiger partial charge in [-0.3, -0.25) is 0 Å². The molecule has 0 fully saturated rings. The molecular weight excluding hydrogens is 290 g/mol. The highest BCUT2D eigenvalue weighted by molar-refractivity contribution is 7.80. The van der Waals surface area contributed by atoms with E-state index in [2.05, 4.69) is 60.7 Å². The van der Waals surface area contributed by atoms with Crippen molar-refractivity contribution in [2.45, 2.75) is 6.54 Å². The largest absolute Gasteiger partial charge is 0.357 e. The van der Waals surface area contributed by atoms with Gasteiger partial charge in [-0.05, 0) is 29.9 Å². The van der Waals surface area contributed by atoms with Crippen LogP contribution < -0.4 is 15.1 Å². The van der Waals surface area contributed by atoms with Crippen LogP contribution in [0.3, 0.4) is 0 Å². The lowest BCUT2D eigenvalue weighted by Crippen LogP contribution is -3.06. The smallest absolute Gasteiger partial charge is 0.173 e. The molecule has 4 heteroatoms. The molecule has 0 aromatic heterocycles. The van der Waals surface area contributed by atoms with Gasteiger partial charge in [0.15, 0.2) is 5.11 Å². The van der Waals surface area contributed by atoms with Crippen LogP contribution in [0.1, 0.15) is 5.56 Å². The van der Waals surface area contributed by atoms with Gasteiger partial charge in [0.25, 0.3) is 0 Å². The lowest BCUT2D eigenvalue weighted by atomic mass is 10.2. The fraction of sp³-hybridized carbons (Fsp3) is 0.278. The quantitative estimate of drug-likeness (QED) is 0.792. The molecule has 0 aliphatic carbocycles. The van der Waals surface area contributed by atoms with Crippen LogP contribution in [-0.2, 0) is 6.54 Å².